The van der Waals surface area contributed by atoms with Crippen LogP contribution in [-0.2, 0) is 62.0 Å². The molecule has 1 aliphatic heterocycles. The van der Waals surface area contributed by atoms with Crippen LogP contribution in [0.25, 0.3) is 0 Å². The fourth-order valence-electron chi connectivity index (χ4n) is 5.90. The van der Waals surface area contributed by atoms with Crippen LogP contribution in [-0.4, -0.2) is 101 Å². The zero-order valence-electron chi connectivity index (χ0n) is 30.2. The van der Waals surface area contributed by atoms with Gasteiger partial charge in [0, 0.05) is 48.0 Å². The molecule has 0 spiro atoms. The minimum absolute atomic E-state index is 0.338. The number of carbonyl (C=O) groups is 7. The van der Waals surface area contributed by atoms with Gasteiger partial charge in [-0.2, -0.15) is 0 Å². The molecule has 14 nitrogen and oxygen atoms in total. The summed E-state index contributed by atoms with van der Waals surface area (Å²) in [6.07, 6.45) is 4.40. The fraction of sp³-hybridized carbons (Fsp3) is 0.794. The van der Waals surface area contributed by atoms with E-state index in [-0.39, 0.29) is 6.42 Å². The van der Waals surface area contributed by atoms with E-state index < -0.39 is 83.7 Å². The third kappa shape index (κ3) is 15.1. The first-order chi connectivity index (χ1) is 23.1. The quantitative estimate of drug-likeness (QED) is 0.0926. The first-order valence-electron chi connectivity index (χ1n) is 17.0. The van der Waals surface area contributed by atoms with Crippen molar-refractivity contribution in [2.45, 2.75) is 154 Å². The highest BCUT2D eigenvalue weighted by molar-refractivity contribution is 8.01. The van der Waals surface area contributed by atoms with Crippen molar-refractivity contribution >= 4 is 53.4 Å². The molecule has 15 heteroatoms. The highest BCUT2D eigenvalue weighted by Gasteiger charge is 2.60. The van der Waals surface area contributed by atoms with Crippen molar-refractivity contribution in [3.05, 3.63) is 0 Å². The van der Waals surface area contributed by atoms with Gasteiger partial charge >= 0.3 is 29.8 Å². The second kappa shape index (κ2) is 22.5. The molecule has 280 valence electrons. The van der Waals surface area contributed by atoms with Crippen molar-refractivity contribution in [1.82, 2.24) is 4.90 Å². The summed E-state index contributed by atoms with van der Waals surface area (Å²) in [5.41, 5.74) is 0. The van der Waals surface area contributed by atoms with Gasteiger partial charge in [0.1, 0.15) is 24.9 Å². The number of ether oxygens (including phenoxy) is 6. The van der Waals surface area contributed by atoms with Crippen LogP contribution in [0.3, 0.4) is 0 Å². The minimum Gasteiger partial charge on any atom is -0.466 e. The molecule has 0 aromatic heterocycles. The normalized spacial score (nSPS) is 21.4. The Morgan fingerprint density at radius 1 is 0.755 bits per heavy atom. The monoisotopic (exact) mass is 717 g/mol. The number of methoxy groups -OCH3 is 1. The van der Waals surface area contributed by atoms with Crippen LogP contribution in [0.15, 0.2) is 0 Å². The van der Waals surface area contributed by atoms with Gasteiger partial charge in [-0.1, -0.05) is 64.7 Å². The van der Waals surface area contributed by atoms with Crippen molar-refractivity contribution in [2.75, 3.05) is 19.5 Å². The molecule has 1 heterocycles. The number of unbranched alkanes of at least 4 members (excludes halogenated alkanes) is 9. The lowest BCUT2D eigenvalue weighted by molar-refractivity contribution is -0.233. The van der Waals surface area contributed by atoms with E-state index in [9.17, 15) is 33.6 Å². The highest BCUT2D eigenvalue weighted by Crippen LogP contribution is 2.44. The van der Waals surface area contributed by atoms with E-state index >= 15 is 0 Å². The maximum absolute atomic E-state index is 13.6. The molecule has 0 aliphatic carbocycles. The summed E-state index contributed by atoms with van der Waals surface area (Å²) in [6.45, 7) is 8.15. The molecular formula is C34H55NO13S. The average molecular weight is 718 g/mol. The van der Waals surface area contributed by atoms with E-state index in [4.69, 9.17) is 28.4 Å². The summed E-state index contributed by atoms with van der Waals surface area (Å²) >= 11 is 1.09. The van der Waals surface area contributed by atoms with Crippen LogP contribution in [0, 0.1) is 0 Å². The Kier molecular flexibility index (Phi) is 20.1. The first-order valence-corrected chi connectivity index (χ1v) is 17.9. The van der Waals surface area contributed by atoms with Gasteiger partial charge < -0.3 is 28.4 Å². The number of imide groups is 1. The van der Waals surface area contributed by atoms with Gasteiger partial charge in [0.25, 0.3) is 0 Å². The Morgan fingerprint density at radius 2 is 1.29 bits per heavy atom. The molecule has 2 amide bonds. The summed E-state index contributed by atoms with van der Waals surface area (Å²) in [7, 11) is 1.15. The molecule has 6 atom stereocenters. The van der Waals surface area contributed by atoms with Gasteiger partial charge in [-0.15, -0.1) is 11.8 Å². The molecule has 1 saturated heterocycles. The predicted molar refractivity (Wildman–Crippen MR) is 179 cm³/mol. The molecular weight excluding hydrogens is 662 g/mol. The van der Waals surface area contributed by atoms with Crippen LogP contribution >= 0.6 is 11.8 Å². The lowest BCUT2D eigenvalue weighted by Crippen LogP contribution is -2.69. The number of nitrogens with zero attached hydrogens (tertiary/aromatic N) is 1. The molecule has 0 radical (unpaired) electrons. The molecule has 0 bridgehead atoms. The Hall–Kier alpha value is -3.20. The third-order valence-corrected chi connectivity index (χ3v) is 9.29. The molecule has 1 fully saturated rings. The summed E-state index contributed by atoms with van der Waals surface area (Å²) < 4.78 is 33.5. The standard InChI is InChI=1S/C34H55NO13S/c1-9-10-11-12-13-14-15-16-17-18-19-49-34(33(42)43-8)20-28(45-25(5)39)30(35(22(2)36)23(3)37)32(48-34)31(47-27(7)41)29(46-26(6)40)21-44-24(4)38/h28-32H,9-21H2,1-8H3/t28-,29+,30+,31+,32+,34+/m0/s1. The summed E-state index contributed by atoms with van der Waals surface area (Å²) in [5.74, 6) is -5.24. The topological polar surface area (TPSA) is 178 Å². The minimum atomic E-state index is -1.88. The Labute approximate surface area is 293 Å². The van der Waals surface area contributed by atoms with Crippen LogP contribution < -0.4 is 0 Å². The van der Waals surface area contributed by atoms with E-state index in [0.29, 0.717) is 12.2 Å². The number of hydrogen-bond donors (Lipinski definition) is 0. The summed E-state index contributed by atoms with van der Waals surface area (Å²) in [5, 5.41) is 0. The molecule has 49 heavy (non-hydrogen) atoms. The molecule has 1 aliphatic rings. The molecule has 0 aromatic rings. The molecule has 1 rings (SSSR count). The van der Waals surface area contributed by atoms with Gasteiger partial charge in [-0.3, -0.25) is 33.7 Å². The third-order valence-electron chi connectivity index (χ3n) is 7.90. The molecule has 0 N–H and O–H groups in total. The number of carbonyl (C=O) groups excluding carboxylic acids is 7. The van der Waals surface area contributed by atoms with Crippen molar-refractivity contribution in [1.29, 1.82) is 0 Å². The van der Waals surface area contributed by atoms with Gasteiger partial charge in [0.05, 0.1) is 7.11 Å². The van der Waals surface area contributed by atoms with Crippen molar-refractivity contribution in [2.24, 2.45) is 0 Å². The number of esters is 5. The Bertz CT molecular complexity index is 1120. The number of hydrogen-bond acceptors (Lipinski definition) is 14. The number of amides is 2. The average Bonchev–Trinajstić information content (AvgIpc) is 3.00. The van der Waals surface area contributed by atoms with E-state index in [1.807, 2.05) is 0 Å². The lowest BCUT2D eigenvalue weighted by Gasteiger charge is -2.50. The smallest absolute Gasteiger partial charge is 0.348 e. The fourth-order valence-corrected chi connectivity index (χ4v) is 7.24. The largest absolute Gasteiger partial charge is 0.466 e. The first kappa shape index (κ1) is 43.8. The van der Waals surface area contributed by atoms with Gasteiger partial charge in [0.2, 0.25) is 16.7 Å². The maximum Gasteiger partial charge on any atom is 0.348 e. The van der Waals surface area contributed by atoms with Gasteiger partial charge in [-0.05, 0) is 12.2 Å². The van der Waals surface area contributed by atoms with E-state index in [1.165, 1.54) is 32.1 Å². The second-order valence-electron chi connectivity index (χ2n) is 12.1. The maximum atomic E-state index is 13.6. The summed E-state index contributed by atoms with van der Waals surface area (Å²) in [4.78, 5) is 87.4. The highest BCUT2D eigenvalue weighted by atomic mass is 32.2. The Balaban J connectivity index is 3.62. The Morgan fingerprint density at radius 3 is 1.73 bits per heavy atom. The molecule has 0 aromatic carbocycles. The van der Waals surface area contributed by atoms with Gasteiger partial charge in [-0.25, -0.2) is 4.79 Å². The summed E-state index contributed by atoms with van der Waals surface area (Å²) in [6, 6.07) is -1.48. The second-order valence-corrected chi connectivity index (χ2v) is 13.5. The zero-order valence-corrected chi connectivity index (χ0v) is 31.1. The molecule has 0 saturated carbocycles. The predicted octanol–water partition coefficient (Wildman–Crippen LogP) is 4.42. The van der Waals surface area contributed by atoms with Crippen LogP contribution in [0.2, 0.25) is 0 Å². The zero-order chi connectivity index (χ0) is 37.1. The van der Waals surface area contributed by atoms with E-state index in [2.05, 4.69) is 6.92 Å². The number of rotatable bonds is 21. The van der Waals surface area contributed by atoms with Crippen molar-refractivity contribution in [3.8, 4) is 0 Å². The van der Waals surface area contributed by atoms with E-state index in [0.717, 1.165) is 91.0 Å². The van der Waals surface area contributed by atoms with Gasteiger partial charge in [0.15, 0.2) is 12.2 Å². The molecule has 0 unspecified atom stereocenters. The van der Waals surface area contributed by atoms with Crippen LogP contribution in [0.5, 0.6) is 0 Å². The SMILES string of the molecule is CCCCCCCCCCCCS[C@@]1(C(=O)OC)C[C@H](OC(C)=O)[C@@H](N(C(C)=O)C(C)=O)[C@H]([C@H](OC(C)=O)[C@@H](COC(C)=O)OC(C)=O)O1. The van der Waals surface area contributed by atoms with Crippen LogP contribution in [0.1, 0.15) is 119 Å². The lowest BCUT2D eigenvalue weighted by atomic mass is 9.88. The van der Waals surface area contributed by atoms with Crippen LogP contribution in [0.4, 0.5) is 0 Å². The number of thioether (sulfide) groups is 1. The van der Waals surface area contributed by atoms with Crippen molar-refractivity contribution < 1.29 is 62.0 Å². The van der Waals surface area contributed by atoms with E-state index in [1.54, 1.807) is 0 Å². The van der Waals surface area contributed by atoms with Crippen molar-refractivity contribution in [3.63, 3.8) is 0 Å².